The van der Waals surface area contributed by atoms with Crippen LogP contribution >= 0.6 is 16.8 Å². The van der Waals surface area contributed by atoms with E-state index >= 15 is 4.39 Å². The molecular formula is C50H76FNOP2Si2. The monoisotopic (exact) mass is 843 g/mol. The fourth-order valence-corrected chi connectivity index (χ4v) is 24.3. The Kier molecular flexibility index (Phi) is 20.7. The van der Waals surface area contributed by atoms with Gasteiger partial charge in [0.2, 0.25) is 0 Å². The van der Waals surface area contributed by atoms with E-state index in [1.165, 1.54) is 129 Å². The lowest BCUT2D eigenvalue weighted by molar-refractivity contribution is 0.416. The van der Waals surface area contributed by atoms with E-state index < -0.39 is 24.2 Å². The Morgan fingerprint density at radius 3 is 1.51 bits per heavy atom. The van der Waals surface area contributed by atoms with Gasteiger partial charge < -0.3 is 4.74 Å². The third-order valence-electron chi connectivity index (χ3n) is 12.5. The van der Waals surface area contributed by atoms with Crippen molar-refractivity contribution in [3.8, 4) is 16.9 Å². The van der Waals surface area contributed by atoms with Crippen molar-refractivity contribution in [1.82, 2.24) is 4.44 Å². The van der Waals surface area contributed by atoms with Crippen LogP contribution in [0.1, 0.15) is 119 Å². The summed E-state index contributed by atoms with van der Waals surface area (Å²) in [6.45, 7) is 14.1. The Hall–Kier alpha value is -2.14. The van der Waals surface area contributed by atoms with Crippen molar-refractivity contribution in [3.63, 3.8) is 0 Å². The number of hydrogen-bond acceptors (Lipinski definition) is 2. The summed E-state index contributed by atoms with van der Waals surface area (Å²) in [5.41, 5.74) is 2.45. The average molecular weight is 844 g/mol. The first-order valence-corrected chi connectivity index (χ1v) is 30.2. The maximum Gasteiger partial charge on any atom is 0.132 e. The minimum Gasteiger partial charge on any atom is -0.496 e. The van der Waals surface area contributed by atoms with E-state index in [2.05, 4.69) is 120 Å². The zero-order valence-electron chi connectivity index (χ0n) is 37.1. The number of hydrogen-bond donors (Lipinski definition) is 0. The number of ether oxygens (including phenoxy) is 1. The molecule has 0 aliphatic rings. The minimum absolute atomic E-state index is 0.110. The number of halogens is 1. The molecule has 0 N–H and O–H groups in total. The maximum atomic E-state index is 16.0. The SMILES string of the molecule is CCCC[Si](CCCC)(CCCC)c1ccc(P(c2ccccc2F)N(C)Pc2ccc([Si](CCCC)(CCCC)CCCC)cc2-c2ccccc2OC)cc1. The van der Waals surface area contributed by atoms with Gasteiger partial charge in [-0.05, 0) is 50.2 Å². The van der Waals surface area contributed by atoms with E-state index in [0.717, 1.165) is 16.6 Å². The Morgan fingerprint density at radius 2 is 1.02 bits per heavy atom. The van der Waals surface area contributed by atoms with Crippen LogP contribution in [0.3, 0.4) is 0 Å². The standard InChI is InChI=1S/C50H76FNOP2Si2/c1-9-15-35-56(36-16-10-2,37-17-11-3)43-31-29-42(30-32-43)55(50-28-24-22-26-47(50)51)52(7)54-49-34-33-44(41-46(49)45-25-21-23-27-48(45)53-8)57(38-18-12-4,39-19-13-5)40-20-14-6/h21-34,41,54H,9-20,35-40H2,1-8H3. The molecule has 0 radical (unpaired) electrons. The molecule has 312 valence electrons. The highest BCUT2D eigenvalue weighted by Crippen LogP contribution is 2.46. The van der Waals surface area contributed by atoms with Gasteiger partial charge in [0.25, 0.3) is 0 Å². The number of nitrogens with zero attached hydrogens (tertiary/aromatic N) is 1. The molecule has 0 bridgehead atoms. The molecule has 0 saturated carbocycles. The van der Waals surface area contributed by atoms with Crippen molar-refractivity contribution >= 4 is 59.2 Å². The predicted octanol–water partition coefficient (Wildman–Crippen LogP) is 13.8. The summed E-state index contributed by atoms with van der Waals surface area (Å²) in [6, 6.07) is 41.6. The van der Waals surface area contributed by atoms with Gasteiger partial charge in [0, 0.05) is 18.9 Å². The van der Waals surface area contributed by atoms with Gasteiger partial charge in [0.05, 0.1) is 23.3 Å². The quantitative estimate of drug-likeness (QED) is 0.0438. The second kappa shape index (κ2) is 24.8. The largest absolute Gasteiger partial charge is 0.496 e. The van der Waals surface area contributed by atoms with E-state index in [4.69, 9.17) is 4.74 Å². The normalized spacial score (nSPS) is 12.9. The number of unbranched alkanes of at least 4 members (excludes halogenated alkanes) is 6. The van der Waals surface area contributed by atoms with Crippen LogP contribution in [0.15, 0.2) is 91.0 Å². The van der Waals surface area contributed by atoms with Crippen LogP contribution in [0.5, 0.6) is 5.75 Å². The molecule has 7 heteroatoms. The van der Waals surface area contributed by atoms with Gasteiger partial charge in [-0.1, -0.05) is 238 Å². The van der Waals surface area contributed by atoms with Crippen molar-refractivity contribution in [2.45, 2.75) is 155 Å². The van der Waals surface area contributed by atoms with Crippen LogP contribution in [0.25, 0.3) is 11.1 Å². The molecule has 0 aromatic heterocycles. The molecule has 0 aliphatic heterocycles. The number of benzene rings is 4. The fourth-order valence-electron chi connectivity index (χ4n) is 9.05. The summed E-state index contributed by atoms with van der Waals surface area (Å²) in [5, 5.41) is 6.58. The Bertz CT molecular complexity index is 1710. The Labute approximate surface area is 353 Å². The zero-order chi connectivity index (χ0) is 41.1. The highest BCUT2D eigenvalue weighted by molar-refractivity contribution is 7.77. The van der Waals surface area contributed by atoms with Crippen LogP contribution in [0.2, 0.25) is 36.3 Å². The van der Waals surface area contributed by atoms with E-state index in [-0.39, 0.29) is 5.82 Å². The Balaban J connectivity index is 1.86. The third kappa shape index (κ3) is 12.7. The summed E-state index contributed by atoms with van der Waals surface area (Å²) >= 11 is 0. The van der Waals surface area contributed by atoms with Gasteiger partial charge in [0.15, 0.2) is 0 Å². The Morgan fingerprint density at radius 1 is 0.561 bits per heavy atom. The highest BCUT2D eigenvalue weighted by atomic mass is 31.2. The summed E-state index contributed by atoms with van der Waals surface area (Å²) in [6.07, 6.45) is 15.4. The predicted molar refractivity (Wildman–Crippen MR) is 262 cm³/mol. The first-order valence-electron chi connectivity index (χ1n) is 22.7. The first kappa shape index (κ1) is 47.5. The van der Waals surface area contributed by atoms with E-state index in [1.807, 2.05) is 18.2 Å². The van der Waals surface area contributed by atoms with Crippen LogP contribution < -0.4 is 31.0 Å². The lowest BCUT2D eigenvalue weighted by Crippen LogP contribution is -2.48. The van der Waals surface area contributed by atoms with Gasteiger partial charge in [-0.2, -0.15) is 0 Å². The van der Waals surface area contributed by atoms with Gasteiger partial charge in [-0.3, -0.25) is 4.44 Å². The molecule has 0 fully saturated rings. The summed E-state index contributed by atoms with van der Waals surface area (Å²) in [5.74, 6) is 0.806. The fraction of sp³-hybridized carbons (Fsp3) is 0.520. The molecule has 0 aliphatic carbocycles. The van der Waals surface area contributed by atoms with Crippen molar-refractivity contribution in [2.24, 2.45) is 0 Å². The molecular weight excluding hydrogens is 768 g/mol. The van der Waals surface area contributed by atoms with Crippen molar-refractivity contribution in [3.05, 3.63) is 96.8 Å². The molecule has 0 saturated heterocycles. The lowest BCUT2D eigenvalue weighted by atomic mass is 10.0. The van der Waals surface area contributed by atoms with E-state index in [0.29, 0.717) is 8.73 Å². The van der Waals surface area contributed by atoms with Crippen molar-refractivity contribution < 1.29 is 9.13 Å². The molecule has 2 unspecified atom stereocenters. The molecule has 0 heterocycles. The van der Waals surface area contributed by atoms with Crippen molar-refractivity contribution in [1.29, 1.82) is 0 Å². The first-order chi connectivity index (χ1) is 27.8. The van der Waals surface area contributed by atoms with Crippen LogP contribution in [-0.2, 0) is 0 Å². The zero-order valence-corrected chi connectivity index (χ0v) is 41.0. The molecule has 0 spiro atoms. The molecule has 4 rings (SSSR count). The van der Waals surface area contributed by atoms with Gasteiger partial charge in [-0.15, -0.1) is 0 Å². The average Bonchev–Trinajstić information content (AvgIpc) is 3.24. The smallest absolute Gasteiger partial charge is 0.132 e. The molecule has 4 aromatic carbocycles. The molecule has 2 nitrogen and oxygen atoms in total. The van der Waals surface area contributed by atoms with E-state index in [9.17, 15) is 0 Å². The third-order valence-corrected chi connectivity index (χ3v) is 27.5. The van der Waals surface area contributed by atoms with Crippen LogP contribution in [0, 0.1) is 5.82 Å². The second-order valence-corrected chi connectivity index (χ2v) is 29.9. The summed E-state index contributed by atoms with van der Waals surface area (Å²) in [4.78, 5) is 0. The van der Waals surface area contributed by atoms with Crippen LogP contribution in [-0.4, -0.2) is 34.7 Å². The highest BCUT2D eigenvalue weighted by Gasteiger charge is 2.35. The number of para-hydroxylation sites is 1. The molecule has 4 aromatic rings. The van der Waals surface area contributed by atoms with Crippen LogP contribution in [0.4, 0.5) is 4.39 Å². The summed E-state index contributed by atoms with van der Waals surface area (Å²) in [7, 11) is -0.155. The van der Waals surface area contributed by atoms with Crippen molar-refractivity contribution in [2.75, 3.05) is 14.2 Å². The second-order valence-electron chi connectivity index (χ2n) is 16.6. The van der Waals surface area contributed by atoms with Gasteiger partial charge >= 0.3 is 0 Å². The topological polar surface area (TPSA) is 12.5 Å². The maximum absolute atomic E-state index is 16.0. The summed E-state index contributed by atoms with van der Waals surface area (Å²) < 4.78 is 24.6. The molecule has 0 amide bonds. The van der Waals surface area contributed by atoms with Gasteiger partial charge in [-0.25, -0.2) is 4.39 Å². The van der Waals surface area contributed by atoms with Gasteiger partial charge in [0.1, 0.15) is 11.6 Å². The minimum atomic E-state index is -1.76. The van der Waals surface area contributed by atoms with E-state index in [1.54, 1.807) is 23.5 Å². The number of rotatable bonds is 27. The number of methoxy groups -OCH3 is 1. The molecule has 57 heavy (non-hydrogen) atoms. The lowest BCUT2D eigenvalue weighted by Gasteiger charge is -2.35. The molecule has 2 atom stereocenters.